The number of carbonyl (C=O) groups excluding carboxylic acids is 1. The molecule has 5 nitrogen and oxygen atoms in total. The van der Waals surface area contributed by atoms with Crippen LogP contribution in [0.25, 0.3) is 0 Å². The maximum Gasteiger partial charge on any atom is 0.321 e. The molecule has 0 atom stereocenters. The largest absolute Gasteiger partial charge is 0.388 e. The Morgan fingerprint density at radius 3 is 2.40 bits per heavy atom. The third-order valence-electron chi connectivity index (χ3n) is 6.00. The normalized spacial score (nSPS) is 18.1. The van der Waals surface area contributed by atoms with E-state index in [1.165, 1.54) is 5.56 Å². The molecule has 30 heavy (non-hydrogen) atoms. The number of hydrogen-bond acceptors (Lipinski definition) is 3. The van der Waals surface area contributed by atoms with Crippen LogP contribution in [-0.2, 0) is 10.3 Å². The van der Waals surface area contributed by atoms with Crippen molar-refractivity contribution in [1.82, 2.24) is 4.90 Å². The lowest BCUT2D eigenvalue weighted by atomic mass is 9.84. The van der Waals surface area contributed by atoms with Crippen LogP contribution in [0.3, 0.4) is 0 Å². The molecule has 2 aliphatic heterocycles. The van der Waals surface area contributed by atoms with Crippen molar-refractivity contribution in [3.63, 3.8) is 0 Å². The van der Waals surface area contributed by atoms with Gasteiger partial charge < -0.3 is 15.1 Å². The molecule has 1 spiro atoms. The number of benzene rings is 2. The summed E-state index contributed by atoms with van der Waals surface area (Å²) in [6.45, 7) is 7.96. The van der Waals surface area contributed by atoms with Gasteiger partial charge in [0.15, 0.2) is 0 Å². The standard InChI is InChI=1S/C24H28BrN3O2/c1-23(2,3)18-10-8-17(9-11-18)21-16-24(30-27-21)12-14-28(15-13-24)22(29)26-20-7-5-4-6-19(20)25/h4-11H,12-16H2,1-3H3,(H,26,29). The highest BCUT2D eigenvalue weighted by Crippen LogP contribution is 2.36. The van der Waals surface area contributed by atoms with Gasteiger partial charge in [-0.3, -0.25) is 0 Å². The predicted molar refractivity (Wildman–Crippen MR) is 124 cm³/mol. The van der Waals surface area contributed by atoms with E-state index in [4.69, 9.17) is 4.84 Å². The van der Waals surface area contributed by atoms with Gasteiger partial charge in [-0.25, -0.2) is 4.79 Å². The van der Waals surface area contributed by atoms with E-state index in [9.17, 15) is 4.79 Å². The van der Waals surface area contributed by atoms with Gasteiger partial charge in [-0.05, 0) is 44.6 Å². The minimum Gasteiger partial charge on any atom is -0.388 e. The van der Waals surface area contributed by atoms with Crippen molar-refractivity contribution in [1.29, 1.82) is 0 Å². The number of para-hydroxylation sites is 1. The van der Waals surface area contributed by atoms with Gasteiger partial charge in [0.25, 0.3) is 0 Å². The zero-order chi connectivity index (χ0) is 21.4. The second-order valence-corrected chi connectivity index (χ2v) is 10.1. The zero-order valence-corrected chi connectivity index (χ0v) is 19.3. The van der Waals surface area contributed by atoms with Crippen LogP contribution in [0.1, 0.15) is 51.2 Å². The SMILES string of the molecule is CC(C)(C)c1ccc(C2=NOC3(CCN(C(=O)Nc4ccccc4Br)CC3)C2)cc1. The van der Waals surface area contributed by atoms with Crippen molar-refractivity contribution in [3.05, 3.63) is 64.1 Å². The molecule has 0 radical (unpaired) electrons. The smallest absolute Gasteiger partial charge is 0.321 e. The number of urea groups is 1. The average Bonchev–Trinajstić information content (AvgIpc) is 3.13. The molecule has 4 rings (SSSR count). The van der Waals surface area contributed by atoms with Crippen LogP contribution < -0.4 is 5.32 Å². The fraction of sp³-hybridized carbons (Fsp3) is 0.417. The predicted octanol–water partition coefficient (Wildman–Crippen LogP) is 5.94. The lowest BCUT2D eigenvalue weighted by molar-refractivity contribution is -0.0544. The molecular formula is C24H28BrN3O2. The van der Waals surface area contributed by atoms with Gasteiger partial charge in [0.2, 0.25) is 0 Å². The molecule has 0 aliphatic carbocycles. The summed E-state index contributed by atoms with van der Waals surface area (Å²) in [5, 5.41) is 7.40. The third kappa shape index (κ3) is 4.38. The molecule has 6 heteroatoms. The molecule has 2 heterocycles. The van der Waals surface area contributed by atoms with Crippen molar-refractivity contribution in [2.24, 2.45) is 5.16 Å². The number of nitrogens with one attached hydrogen (secondary N) is 1. The molecule has 0 aromatic heterocycles. The van der Waals surface area contributed by atoms with Gasteiger partial charge in [-0.2, -0.15) is 0 Å². The van der Waals surface area contributed by atoms with Crippen LogP contribution in [0, 0.1) is 0 Å². The minimum atomic E-state index is -0.290. The molecule has 2 aliphatic rings. The Labute approximate surface area is 186 Å². The highest BCUT2D eigenvalue weighted by Gasteiger charge is 2.43. The van der Waals surface area contributed by atoms with E-state index in [1.807, 2.05) is 29.2 Å². The van der Waals surface area contributed by atoms with E-state index in [2.05, 4.69) is 71.4 Å². The Morgan fingerprint density at radius 2 is 1.77 bits per heavy atom. The molecule has 1 fully saturated rings. The van der Waals surface area contributed by atoms with E-state index in [0.717, 1.165) is 40.7 Å². The summed E-state index contributed by atoms with van der Waals surface area (Å²) < 4.78 is 0.876. The van der Waals surface area contributed by atoms with E-state index in [0.29, 0.717) is 13.1 Å². The van der Waals surface area contributed by atoms with E-state index in [-0.39, 0.29) is 17.0 Å². The van der Waals surface area contributed by atoms with Crippen LogP contribution in [0.5, 0.6) is 0 Å². The van der Waals surface area contributed by atoms with E-state index < -0.39 is 0 Å². The quantitative estimate of drug-likeness (QED) is 0.591. The topological polar surface area (TPSA) is 53.9 Å². The fourth-order valence-corrected chi connectivity index (χ4v) is 4.37. The van der Waals surface area contributed by atoms with Crippen LogP contribution in [0.15, 0.2) is 58.2 Å². The van der Waals surface area contributed by atoms with Crippen LogP contribution in [0.2, 0.25) is 0 Å². The number of halogens is 1. The number of hydrogen-bond donors (Lipinski definition) is 1. The summed E-state index contributed by atoms with van der Waals surface area (Å²) in [5.74, 6) is 0. The number of carbonyl (C=O) groups is 1. The first kappa shape index (κ1) is 20.9. The van der Waals surface area contributed by atoms with Crippen molar-refractivity contribution in [3.8, 4) is 0 Å². The molecule has 2 aromatic rings. The number of rotatable bonds is 2. The average molecular weight is 470 g/mol. The van der Waals surface area contributed by atoms with Gasteiger partial charge in [0, 0.05) is 36.8 Å². The van der Waals surface area contributed by atoms with E-state index >= 15 is 0 Å². The molecule has 1 N–H and O–H groups in total. The molecule has 2 aromatic carbocycles. The maximum absolute atomic E-state index is 12.6. The Balaban J connectivity index is 1.34. The summed E-state index contributed by atoms with van der Waals surface area (Å²) in [6.07, 6.45) is 2.36. The number of anilines is 1. The van der Waals surface area contributed by atoms with Gasteiger partial charge in [-0.1, -0.05) is 62.3 Å². The zero-order valence-electron chi connectivity index (χ0n) is 17.7. The van der Waals surface area contributed by atoms with E-state index in [1.54, 1.807) is 0 Å². The lowest BCUT2D eigenvalue weighted by Gasteiger charge is -2.37. The van der Waals surface area contributed by atoms with Crippen molar-refractivity contribution in [2.75, 3.05) is 18.4 Å². The Hall–Kier alpha value is -2.34. The van der Waals surface area contributed by atoms with Crippen molar-refractivity contribution < 1.29 is 9.63 Å². The first-order valence-electron chi connectivity index (χ1n) is 10.4. The Bertz CT molecular complexity index is 955. The number of piperidine rings is 1. The van der Waals surface area contributed by atoms with Crippen molar-refractivity contribution >= 4 is 33.4 Å². The van der Waals surface area contributed by atoms with Gasteiger partial charge in [-0.15, -0.1) is 0 Å². The summed E-state index contributed by atoms with van der Waals surface area (Å²) in [7, 11) is 0. The third-order valence-corrected chi connectivity index (χ3v) is 6.69. The van der Waals surface area contributed by atoms with Crippen molar-refractivity contribution in [2.45, 2.75) is 51.0 Å². The fourth-order valence-electron chi connectivity index (χ4n) is 3.98. The minimum absolute atomic E-state index is 0.0753. The number of oxime groups is 1. The number of nitrogens with zero attached hydrogens (tertiary/aromatic N) is 2. The van der Waals surface area contributed by atoms with Crippen LogP contribution in [-0.4, -0.2) is 35.3 Å². The molecular weight excluding hydrogens is 442 g/mol. The number of likely N-dealkylation sites (tertiary alicyclic amines) is 1. The van der Waals surface area contributed by atoms with Gasteiger partial charge >= 0.3 is 6.03 Å². The maximum atomic E-state index is 12.6. The summed E-state index contributed by atoms with van der Waals surface area (Å²) in [4.78, 5) is 20.4. The monoisotopic (exact) mass is 469 g/mol. The lowest BCUT2D eigenvalue weighted by Crippen LogP contribution is -2.48. The summed E-state index contributed by atoms with van der Waals surface area (Å²) in [5.41, 5.74) is 4.06. The molecule has 0 saturated carbocycles. The van der Waals surface area contributed by atoms with Crippen LogP contribution in [0.4, 0.5) is 10.5 Å². The molecule has 1 saturated heterocycles. The molecule has 2 amide bonds. The Morgan fingerprint density at radius 1 is 1.10 bits per heavy atom. The summed E-state index contributed by atoms with van der Waals surface area (Å²) >= 11 is 3.47. The highest BCUT2D eigenvalue weighted by atomic mass is 79.9. The molecule has 158 valence electrons. The van der Waals surface area contributed by atoms with Gasteiger partial charge in [0.1, 0.15) is 5.60 Å². The Kier molecular flexibility index (Phi) is 5.62. The molecule has 0 unspecified atom stereocenters. The van der Waals surface area contributed by atoms with Crippen LogP contribution >= 0.6 is 15.9 Å². The highest BCUT2D eigenvalue weighted by molar-refractivity contribution is 9.10. The second-order valence-electron chi connectivity index (χ2n) is 9.21. The summed E-state index contributed by atoms with van der Waals surface area (Å²) in [6, 6.07) is 16.2. The second kappa shape index (κ2) is 8.06. The first-order valence-corrected chi connectivity index (χ1v) is 11.2. The first-order chi connectivity index (χ1) is 14.3. The van der Waals surface area contributed by atoms with Gasteiger partial charge in [0.05, 0.1) is 11.4 Å². The molecule has 0 bridgehead atoms. The number of amides is 2.